The average Bonchev–Trinajstić information content (AvgIpc) is 2.35. The lowest BCUT2D eigenvalue weighted by Gasteiger charge is -2.17. The van der Waals surface area contributed by atoms with Crippen molar-refractivity contribution in [2.75, 3.05) is 13.7 Å². The standard InChI is InChI=1S/C13H18O5S/c1-13(2,3)9-18-19(15,16)11-7-5-6-10(8-11)12(14)17-4/h5-8H,9H2,1-4H3. The Kier molecular flexibility index (Phi) is 4.70. The molecular weight excluding hydrogens is 268 g/mol. The van der Waals surface area contributed by atoms with Crippen LogP contribution < -0.4 is 0 Å². The second kappa shape index (κ2) is 5.71. The van der Waals surface area contributed by atoms with E-state index in [4.69, 9.17) is 4.18 Å². The molecule has 0 saturated heterocycles. The third-order valence-electron chi connectivity index (χ3n) is 2.19. The lowest BCUT2D eigenvalue weighted by atomic mass is 9.99. The Labute approximate surface area is 113 Å². The molecule has 0 saturated carbocycles. The predicted molar refractivity (Wildman–Crippen MR) is 70.4 cm³/mol. The van der Waals surface area contributed by atoms with Crippen molar-refractivity contribution >= 4 is 16.1 Å². The van der Waals surface area contributed by atoms with E-state index in [1.807, 2.05) is 20.8 Å². The molecule has 0 N–H and O–H groups in total. The van der Waals surface area contributed by atoms with Crippen molar-refractivity contribution in [3.05, 3.63) is 29.8 Å². The van der Waals surface area contributed by atoms with E-state index in [0.29, 0.717) is 0 Å². The number of esters is 1. The molecule has 0 aliphatic heterocycles. The van der Waals surface area contributed by atoms with E-state index in [1.54, 1.807) is 0 Å². The first-order valence-corrected chi connectivity index (χ1v) is 7.14. The first-order valence-electron chi connectivity index (χ1n) is 5.73. The van der Waals surface area contributed by atoms with Gasteiger partial charge in [0.15, 0.2) is 0 Å². The lowest BCUT2D eigenvalue weighted by Crippen LogP contribution is -2.19. The van der Waals surface area contributed by atoms with Crippen molar-refractivity contribution in [2.45, 2.75) is 25.7 Å². The fourth-order valence-electron chi connectivity index (χ4n) is 1.22. The number of ether oxygens (including phenoxy) is 1. The van der Waals surface area contributed by atoms with Crippen molar-refractivity contribution in [2.24, 2.45) is 5.41 Å². The zero-order chi connectivity index (χ0) is 14.7. The van der Waals surface area contributed by atoms with E-state index in [0.717, 1.165) is 0 Å². The summed E-state index contributed by atoms with van der Waals surface area (Å²) in [5, 5.41) is 0. The highest BCUT2D eigenvalue weighted by Crippen LogP contribution is 2.19. The van der Waals surface area contributed by atoms with Crippen LogP contribution in [-0.2, 0) is 19.0 Å². The Morgan fingerprint density at radius 3 is 2.42 bits per heavy atom. The molecule has 0 amide bonds. The number of hydrogen-bond acceptors (Lipinski definition) is 5. The van der Waals surface area contributed by atoms with E-state index >= 15 is 0 Å². The monoisotopic (exact) mass is 286 g/mol. The smallest absolute Gasteiger partial charge is 0.337 e. The normalized spacial score (nSPS) is 12.2. The van der Waals surface area contributed by atoms with Crippen LogP contribution in [0.4, 0.5) is 0 Å². The maximum atomic E-state index is 12.0. The van der Waals surface area contributed by atoms with E-state index in [-0.39, 0.29) is 22.5 Å². The molecule has 0 spiro atoms. The minimum atomic E-state index is -3.87. The summed E-state index contributed by atoms with van der Waals surface area (Å²) in [6.45, 7) is 5.67. The topological polar surface area (TPSA) is 69.7 Å². The molecule has 19 heavy (non-hydrogen) atoms. The molecule has 5 nitrogen and oxygen atoms in total. The van der Waals surface area contributed by atoms with Crippen LogP contribution >= 0.6 is 0 Å². The SMILES string of the molecule is COC(=O)c1cccc(S(=O)(=O)OCC(C)(C)C)c1. The molecule has 0 aliphatic carbocycles. The third kappa shape index (κ3) is 4.65. The molecule has 0 bridgehead atoms. The summed E-state index contributed by atoms with van der Waals surface area (Å²) < 4.78 is 33.4. The van der Waals surface area contributed by atoms with Crippen LogP contribution in [0, 0.1) is 5.41 Å². The summed E-state index contributed by atoms with van der Waals surface area (Å²) in [4.78, 5) is 11.3. The molecule has 6 heteroatoms. The summed E-state index contributed by atoms with van der Waals surface area (Å²) in [6, 6.07) is 5.57. The van der Waals surface area contributed by atoms with Crippen molar-refractivity contribution in [1.29, 1.82) is 0 Å². The molecule has 0 heterocycles. The Bertz CT molecular complexity index is 555. The van der Waals surface area contributed by atoms with Gasteiger partial charge in [0.2, 0.25) is 0 Å². The Balaban J connectivity index is 2.99. The minimum absolute atomic E-state index is 0.0559. The lowest BCUT2D eigenvalue weighted by molar-refractivity contribution is 0.0600. The van der Waals surface area contributed by atoms with Gasteiger partial charge in [-0.15, -0.1) is 0 Å². The number of rotatable bonds is 4. The average molecular weight is 286 g/mol. The number of hydrogen-bond donors (Lipinski definition) is 0. The van der Waals surface area contributed by atoms with Crippen molar-refractivity contribution in [3.8, 4) is 0 Å². The quantitative estimate of drug-likeness (QED) is 0.627. The summed E-state index contributed by atoms with van der Waals surface area (Å²) in [5.41, 5.74) is -0.101. The van der Waals surface area contributed by atoms with Crippen LogP contribution in [0.1, 0.15) is 31.1 Å². The Morgan fingerprint density at radius 2 is 1.89 bits per heavy atom. The van der Waals surface area contributed by atoms with Gasteiger partial charge in [-0.1, -0.05) is 26.8 Å². The summed E-state index contributed by atoms with van der Waals surface area (Å²) in [6.07, 6.45) is 0. The molecule has 1 aromatic carbocycles. The zero-order valence-corrected chi connectivity index (χ0v) is 12.3. The van der Waals surface area contributed by atoms with Gasteiger partial charge < -0.3 is 4.74 Å². The maximum Gasteiger partial charge on any atom is 0.337 e. The van der Waals surface area contributed by atoms with Gasteiger partial charge in [-0.05, 0) is 23.6 Å². The molecule has 0 radical (unpaired) electrons. The largest absolute Gasteiger partial charge is 0.465 e. The third-order valence-corrected chi connectivity index (χ3v) is 3.45. The molecule has 0 atom stereocenters. The minimum Gasteiger partial charge on any atom is -0.465 e. The first-order chi connectivity index (χ1) is 8.65. The number of methoxy groups -OCH3 is 1. The van der Waals surface area contributed by atoms with Crippen LogP contribution in [0.3, 0.4) is 0 Å². The maximum absolute atomic E-state index is 12.0. The van der Waals surface area contributed by atoms with Crippen molar-refractivity contribution < 1.29 is 22.1 Å². The molecule has 0 aromatic heterocycles. The van der Waals surface area contributed by atoms with E-state index in [9.17, 15) is 13.2 Å². The summed E-state index contributed by atoms with van der Waals surface area (Å²) >= 11 is 0. The second-order valence-corrected chi connectivity index (χ2v) is 6.91. The van der Waals surface area contributed by atoms with Crippen molar-refractivity contribution in [3.63, 3.8) is 0 Å². The molecule has 106 valence electrons. The summed E-state index contributed by atoms with van der Waals surface area (Å²) in [7, 11) is -2.63. The highest BCUT2D eigenvalue weighted by atomic mass is 32.2. The highest BCUT2D eigenvalue weighted by molar-refractivity contribution is 7.86. The fraction of sp³-hybridized carbons (Fsp3) is 0.462. The molecule has 0 unspecified atom stereocenters. The first kappa shape index (κ1) is 15.7. The fourth-order valence-corrected chi connectivity index (χ4v) is 2.38. The van der Waals surface area contributed by atoms with Crippen LogP contribution in [0.2, 0.25) is 0 Å². The second-order valence-electron chi connectivity index (χ2n) is 5.30. The van der Waals surface area contributed by atoms with E-state index < -0.39 is 16.1 Å². The van der Waals surface area contributed by atoms with Gasteiger partial charge in [0.05, 0.1) is 24.2 Å². The van der Waals surface area contributed by atoms with Gasteiger partial charge in [-0.2, -0.15) is 8.42 Å². The van der Waals surface area contributed by atoms with Gasteiger partial charge in [-0.25, -0.2) is 4.79 Å². The molecule has 1 rings (SSSR count). The Hall–Kier alpha value is -1.40. The van der Waals surface area contributed by atoms with E-state index in [1.165, 1.54) is 31.4 Å². The number of carbonyl (C=O) groups is 1. The predicted octanol–water partition coefficient (Wildman–Crippen LogP) is 2.22. The van der Waals surface area contributed by atoms with E-state index in [2.05, 4.69) is 4.74 Å². The van der Waals surface area contributed by atoms with Crippen molar-refractivity contribution in [1.82, 2.24) is 0 Å². The number of benzene rings is 1. The molecule has 0 fully saturated rings. The molecule has 0 aliphatic rings. The van der Waals surface area contributed by atoms with Crippen LogP contribution in [-0.4, -0.2) is 28.1 Å². The van der Waals surface area contributed by atoms with Crippen LogP contribution in [0.15, 0.2) is 29.2 Å². The summed E-state index contributed by atoms with van der Waals surface area (Å²) in [5.74, 6) is -0.590. The molecule has 1 aromatic rings. The van der Waals surface area contributed by atoms with Gasteiger partial charge in [0.25, 0.3) is 10.1 Å². The zero-order valence-electron chi connectivity index (χ0n) is 11.5. The van der Waals surface area contributed by atoms with Gasteiger partial charge >= 0.3 is 5.97 Å². The van der Waals surface area contributed by atoms with Gasteiger partial charge in [0, 0.05) is 0 Å². The van der Waals surface area contributed by atoms with Crippen LogP contribution in [0.5, 0.6) is 0 Å². The van der Waals surface area contributed by atoms with Crippen LogP contribution in [0.25, 0.3) is 0 Å². The van der Waals surface area contributed by atoms with Gasteiger partial charge in [0.1, 0.15) is 0 Å². The van der Waals surface area contributed by atoms with Gasteiger partial charge in [-0.3, -0.25) is 4.18 Å². The Morgan fingerprint density at radius 1 is 1.26 bits per heavy atom. The molecular formula is C13H18O5S. The number of carbonyl (C=O) groups excluding carboxylic acids is 1. The highest BCUT2D eigenvalue weighted by Gasteiger charge is 2.21.